The summed E-state index contributed by atoms with van der Waals surface area (Å²) >= 11 is 0. The number of fused-ring (bicyclic) bond motifs is 2. The number of hydrogen-bond donors (Lipinski definition) is 2. The van der Waals surface area contributed by atoms with Crippen molar-refractivity contribution in [1.29, 1.82) is 0 Å². The first-order valence-corrected chi connectivity index (χ1v) is 11.2. The number of imidazole rings is 1. The Hall–Kier alpha value is -3.98. The second kappa shape index (κ2) is 9.11. The molecule has 2 aliphatic rings. The molecular weight excluding hydrogens is 430 g/mol. The van der Waals surface area contributed by atoms with Crippen molar-refractivity contribution in [2.45, 2.75) is 20.4 Å². The minimum Gasteiger partial charge on any atom is -0.378 e. The van der Waals surface area contributed by atoms with Gasteiger partial charge in [0, 0.05) is 37.1 Å². The van der Waals surface area contributed by atoms with Crippen LogP contribution in [0, 0.1) is 6.92 Å². The maximum absolute atomic E-state index is 12.8. The number of nitrogens with one attached hydrogen (secondary N) is 2. The molecule has 174 valence electrons. The average Bonchev–Trinajstić information content (AvgIpc) is 3.46. The van der Waals surface area contributed by atoms with E-state index >= 15 is 0 Å². The number of aromatic nitrogens is 3. The van der Waals surface area contributed by atoms with Crippen molar-refractivity contribution in [1.82, 2.24) is 24.6 Å². The minimum atomic E-state index is -0.144. The number of hydrogen-bond acceptors (Lipinski definition) is 7. The van der Waals surface area contributed by atoms with Gasteiger partial charge < -0.3 is 20.3 Å². The summed E-state index contributed by atoms with van der Waals surface area (Å²) in [6.07, 6.45) is 9.29. The van der Waals surface area contributed by atoms with Crippen LogP contribution in [0.3, 0.4) is 0 Å². The topological polar surface area (TPSA) is 96.2 Å². The number of carbonyl (C=O) groups excluding carboxylic acids is 1. The molecule has 1 amide bonds. The fourth-order valence-electron chi connectivity index (χ4n) is 4.31. The van der Waals surface area contributed by atoms with Gasteiger partial charge in [0.1, 0.15) is 11.5 Å². The molecule has 9 nitrogen and oxygen atoms in total. The van der Waals surface area contributed by atoms with Crippen molar-refractivity contribution in [2.24, 2.45) is 4.99 Å². The summed E-state index contributed by atoms with van der Waals surface area (Å²) in [5, 5.41) is 6.16. The highest BCUT2D eigenvalue weighted by molar-refractivity contribution is 6.05. The number of aliphatic imine (C=N–C) groups is 1. The van der Waals surface area contributed by atoms with E-state index in [2.05, 4.69) is 39.2 Å². The predicted octanol–water partition coefficient (Wildman–Crippen LogP) is 3.14. The Balaban J connectivity index is 1.47. The Morgan fingerprint density at radius 2 is 2.09 bits per heavy atom. The molecule has 5 heterocycles. The van der Waals surface area contributed by atoms with E-state index in [1.54, 1.807) is 12.4 Å². The molecule has 0 unspecified atom stereocenters. The summed E-state index contributed by atoms with van der Waals surface area (Å²) in [6.45, 7) is 11.4. The van der Waals surface area contributed by atoms with Gasteiger partial charge >= 0.3 is 0 Å². The van der Waals surface area contributed by atoms with Gasteiger partial charge in [-0.05, 0) is 50.4 Å². The van der Waals surface area contributed by atoms with Crippen molar-refractivity contribution in [3.8, 4) is 11.4 Å². The van der Waals surface area contributed by atoms with Crippen molar-refractivity contribution in [2.75, 3.05) is 31.6 Å². The maximum Gasteiger partial charge on any atom is 0.254 e. The average molecular weight is 458 g/mol. The Morgan fingerprint density at radius 3 is 2.88 bits per heavy atom. The van der Waals surface area contributed by atoms with Gasteiger partial charge in [-0.2, -0.15) is 0 Å². The van der Waals surface area contributed by atoms with Crippen LogP contribution in [-0.2, 0) is 11.3 Å². The summed E-state index contributed by atoms with van der Waals surface area (Å²) in [6, 6.07) is 4.04. The maximum atomic E-state index is 12.8. The molecule has 34 heavy (non-hydrogen) atoms. The normalized spacial score (nSPS) is 16.5. The van der Waals surface area contributed by atoms with Crippen molar-refractivity contribution < 1.29 is 9.53 Å². The molecule has 0 atom stereocenters. The fraction of sp³-hybridized carbons (Fsp3) is 0.280. The summed E-state index contributed by atoms with van der Waals surface area (Å²) < 4.78 is 7.41. The number of anilines is 1. The standard InChI is InChI=1S/C25H27N7O2/c1-16-6-7-32-20(15-27-22(32)12-16)24-18-13-29-25(33)23(18)19(14-28-24)30-21(26-3)5-4-17(2)31-8-10-34-11-9-31/h4-7,12,14-15,30H,3,8-11,13H2,1-2H3,(H,29,33)/b17-4+,21-5+. The van der Waals surface area contributed by atoms with E-state index < -0.39 is 0 Å². The molecule has 2 aliphatic heterocycles. The van der Waals surface area contributed by atoms with Crippen LogP contribution in [0.2, 0.25) is 0 Å². The Kier molecular flexibility index (Phi) is 5.85. The van der Waals surface area contributed by atoms with Crippen molar-refractivity contribution in [3.63, 3.8) is 0 Å². The van der Waals surface area contributed by atoms with E-state index in [1.165, 1.54) is 0 Å². The largest absolute Gasteiger partial charge is 0.378 e. The molecule has 9 heteroatoms. The second-order valence-corrected chi connectivity index (χ2v) is 8.37. The molecule has 0 saturated carbocycles. The quantitative estimate of drug-likeness (QED) is 0.436. The SMILES string of the molecule is C=N/C(=C\C=C(/C)N1CCOCC1)Nc1cnc(-c2cnc3cc(C)ccn23)c2c1C(=O)NC2. The van der Waals surface area contributed by atoms with Crippen LogP contribution in [0.15, 0.2) is 59.4 Å². The van der Waals surface area contributed by atoms with Gasteiger partial charge in [0.15, 0.2) is 0 Å². The Bertz CT molecular complexity index is 1330. The summed E-state index contributed by atoms with van der Waals surface area (Å²) in [4.78, 5) is 28.4. The van der Waals surface area contributed by atoms with Crippen LogP contribution in [0.5, 0.6) is 0 Å². The van der Waals surface area contributed by atoms with E-state index in [1.807, 2.05) is 41.8 Å². The third-order valence-corrected chi connectivity index (χ3v) is 6.17. The molecule has 0 radical (unpaired) electrons. The Labute approximate surface area is 197 Å². The number of nitrogens with zero attached hydrogens (tertiary/aromatic N) is 5. The molecule has 3 aromatic heterocycles. The van der Waals surface area contributed by atoms with Gasteiger partial charge in [0.2, 0.25) is 0 Å². The number of aryl methyl sites for hydroxylation is 1. The lowest BCUT2D eigenvalue weighted by Gasteiger charge is -2.29. The zero-order valence-electron chi connectivity index (χ0n) is 19.3. The monoisotopic (exact) mass is 457 g/mol. The third kappa shape index (κ3) is 4.06. The molecule has 0 spiro atoms. The van der Waals surface area contributed by atoms with E-state index in [0.717, 1.165) is 60.2 Å². The lowest BCUT2D eigenvalue weighted by atomic mass is 10.1. The fourth-order valence-corrected chi connectivity index (χ4v) is 4.31. The van der Waals surface area contributed by atoms with Crippen LogP contribution in [-0.4, -0.2) is 58.2 Å². The van der Waals surface area contributed by atoms with Gasteiger partial charge in [0.25, 0.3) is 5.91 Å². The molecule has 5 rings (SSSR count). The van der Waals surface area contributed by atoms with Crippen LogP contribution in [0.25, 0.3) is 17.0 Å². The summed E-state index contributed by atoms with van der Waals surface area (Å²) in [5.41, 5.74) is 6.66. The van der Waals surface area contributed by atoms with E-state index in [9.17, 15) is 4.79 Å². The van der Waals surface area contributed by atoms with Crippen LogP contribution in [0.1, 0.15) is 28.4 Å². The first-order chi connectivity index (χ1) is 16.5. The molecule has 0 aliphatic carbocycles. The molecule has 1 saturated heterocycles. The molecule has 0 bridgehead atoms. The Morgan fingerprint density at radius 1 is 1.26 bits per heavy atom. The zero-order chi connectivity index (χ0) is 23.7. The second-order valence-electron chi connectivity index (χ2n) is 8.37. The van der Waals surface area contributed by atoms with Crippen LogP contribution < -0.4 is 10.6 Å². The minimum absolute atomic E-state index is 0.144. The van der Waals surface area contributed by atoms with Gasteiger partial charge in [-0.3, -0.25) is 14.2 Å². The van der Waals surface area contributed by atoms with Gasteiger partial charge in [-0.25, -0.2) is 9.98 Å². The van der Waals surface area contributed by atoms with Gasteiger partial charge in [-0.15, -0.1) is 0 Å². The number of amides is 1. The first kappa shape index (κ1) is 21.8. The number of pyridine rings is 2. The van der Waals surface area contributed by atoms with Crippen molar-refractivity contribution >= 4 is 24.0 Å². The highest BCUT2D eigenvalue weighted by Gasteiger charge is 2.28. The number of carbonyl (C=O) groups is 1. The van der Waals surface area contributed by atoms with Crippen molar-refractivity contribution in [3.05, 3.63) is 71.1 Å². The number of allylic oxidation sites excluding steroid dienone is 3. The third-order valence-electron chi connectivity index (χ3n) is 6.17. The predicted molar refractivity (Wildman–Crippen MR) is 132 cm³/mol. The molecule has 2 N–H and O–H groups in total. The highest BCUT2D eigenvalue weighted by atomic mass is 16.5. The highest BCUT2D eigenvalue weighted by Crippen LogP contribution is 2.33. The lowest BCUT2D eigenvalue weighted by molar-refractivity contribution is 0.0537. The van der Waals surface area contributed by atoms with E-state index in [0.29, 0.717) is 23.6 Å². The van der Waals surface area contributed by atoms with Crippen LogP contribution >= 0.6 is 0 Å². The lowest BCUT2D eigenvalue weighted by Crippen LogP contribution is -2.34. The molecule has 1 fully saturated rings. The van der Waals surface area contributed by atoms with E-state index in [4.69, 9.17) is 9.72 Å². The smallest absolute Gasteiger partial charge is 0.254 e. The first-order valence-electron chi connectivity index (χ1n) is 11.2. The van der Waals surface area contributed by atoms with Crippen LogP contribution in [0.4, 0.5) is 5.69 Å². The number of rotatable bonds is 6. The zero-order valence-corrected chi connectivity index (χ0v) is 19.3. The summed E-state index contributed by atoms with van der Waals surface area (Å²) in [5.74, 6) is 0.392. The van der Waals surface area contributed by atoms with Gasteiger partial charge in [0.05, 0.1) is 48.2 Å². The molecule has 3 aromatic rings. The number of morpholine rings is 1. The van der Waals surface area contributed by atoms with E-state index in [-0.39, 0.29) is 5.91 Å². The van der Waals surface area contributed by atoms with Gasteiger partial charge in [-0.1, -0.05) is 0 Å². The number of ether oxygens (including phenoxy) is 1. The molecule has 0 aromatic carbocycles. The summed E-state index contributed by atoms with van der Waals surface area (Å²) in [7, 11) is 0. The molecular formula is C25H27N7O2.